The summed E-state index contributed by atoms with van der Waals surface area (Å²) in [6.07, 6.45) is 1.12. The fourth-order valence-corrected chi connectivity index (χ4v) is 3.46. The minimum Gasteiger partial charge on any atom is -0.424 e. The number of rotatable bonds is 10. The second-order valence-corrected chi connectivity index (χ2v) is 7.70. The third-order valence-corrected chi connectivity index (χ3v) is 5.14. The largest absolute Gasteiger partial charge is 0.424 e. The lowest BCUT2D eigenvalue weighted by Gasteiger charge is -2.20. The SMILES string of the molecule is Cl.NC(N)=NCCC[C@H](NC(=O)[C@@H](N)Cc1ccccc1)C(=O)Oc1cccc2ccccc12. The van der Waals surface area contributed by atoms with Gasteiger partial charge in [0.2, 0.25) is 5.91 Å². The van der Waals surface area contributed by atoms with Crippen molar-refractivity contribution < 1.29 is 14.3 Å². The molecule has 7 N–H and O–H groups in total. The van der Waals surface area contributed by atoms with Crippen LogP contribution in [0.3, 0.4) is 0 Å². The first kappa shape index (κ1) is 26.6. The number of fused-ring (bicyclic) bond motifs is 1. The monoisotopic (exact) mass is 483 g/mol. The van der Waals surface area contributed by atoms with E-state index >= 15 is 0 Å². The molecule has 9 heteroatoms. The van der Waals surface area contributed by atoms with E-state index in [1.807, 2.05) is 66.7 Å². The van der Waals surface area contributed by atoms with Gasteiger partial charge in [-0.3, -0.25) is 9.79 Å². The fraction of sp³-hybridized carbons (Fsp3) is 0.240. The van der Waals surface area contributed by atoms with E-state index in [1.54, 1.807) is 6.07 Å². The predicted molar refractivity (Wildman–Crippen MR) is 137 cm³/mol. The standard InChI is InChI=1S/C25H29N5O3.ClH/c26-20(16-17-8-2-1-3-9-17)23(31)30-21(13-7-15-29-25(27)28)24(32)33-22-14-6-11-18-10-4-5-12-19(18)22;/h1-6,8-12,14,20-21H,7,13,15-16,26H2,(H,30,31)(H4,27,28,29);1H/t20-,21-;/m0./s1. The number of amides is 1. The van der Waals surface area contributed by atoms with Gasteiger partial charge in [0.25, 0.3) is 0 Å². The number of hydrogen-bond donors (Lipinski definition) is 4. The Kier molecular flexibility index (Phi) is 10.3. The van der Waals surface area contributed by atoms with Gasteiger partial charge >= 0.3 is 5.97 Å². The van der Waals surface area contributed by atoms with E-state index in [-0.39, 0.29) is 18.4 Å². The summed E-state index contributed by atoms with van der Waals surface area (Å²) in [5.41, 5.74) is 17.8. The first-order valence-corrected chi connectivity index (χ1v) is 10.8. The Balaban J connectivity index is 0.00000408. The van der Waals surface area contributed by atoms with Crippen LogP contribution in [0.1, 0.15) is 18.4 Å². The first-order chi connectivity index (χ1) is 15.9. The highest BCUT2D eigenvalue weighted by Crippen LogP contribution is 2.25. The maximum absolute atomic E-state index is 13.0. The van der Waals surface area contributed by atoms with Gasteiger partial charge < -0.3 is 27.3 Å². The van der Waals surface area contributed by atoms with Crippen LogP contribution in [0.25, 0.3) is 10.8 Å². The highest BCUT2D eigenvalue weighted by atomic mass is 35.5. The lowest BCUT2D eigenvalue weighted by Crippen LogP contribution is -2.50. The molecule has 1 amide bonds. The van der Waals surface area contributed by atoms with Crippen molar-refractivity contribution in [2.24, 2.45) is 22.2 Å². The Morgan fingerprint density at radius 2 is 1.62 bits per heavy atom. The summed E-state index contributed by atoms with van der Waals surface area (Å²) in [5.74, 6) is -0.606. The van der Waals surface area contributed by atoms with E-state index in [0.717, 1.165) is 16.3 Å². The summed E-state index contributed by atoms with van der Waals surface area (Å²) >= 11 is 0. The van der Waals surface area contributed by atoms with E-state index in [0.29, 0.717) is 31.6 Å². The van der Waals surface area contributed by atoms with Crippen LogP contribution in [0.5, 0.6) is 5.75 Å². The van der Waals surface area contributed by atoms with Crippen molar-refractivity contribution >= 4 is 41.0 Å². The van der Waals surface area contributed by atoms with Gasteiger partial charge in [-0.25, -0.2) is 4.79 Å². The van der Waals surface area contributed by atoms with Crippen LogP contribution in [0, 0.1) is 0 Å². The van der Waals surface area contributed by atoms with Crippen molar-refractivity contribution in [1.82, 2.24) is 5.32 Å². The van der Waals surface area contributed by atoms with Crippen molar-refractivity contribution in [3.8, 4) is 5.75 Å². The molecule has 34 heavy (non-hydrogen) atoms. The lowest BCUT2D eigenvalue weighted by molar-refractivity contribution is -0.139. The number of esters is 1. The molecule has 0 bridgehead atoms. The molecule has 0 unspecified atom stereocenters. The summed E-state index contributed by atoms with van der Waals surface area (Å²) in [5, 5.41) is 4.49. The van der Waals surface area contributed by atoms with Crippen LogP contribution in [-0.4, -0.2) is 36.5 Å². The van der Waals surface area contributed by atoms with Crippen molar-refractivity contribution in [2.45, 2.75) is 31.3 Å². The molecule has 2 atom stereocenters. The Bertz CT molecular complexity index is 1110. The molecule has 0 aliphatic rings. The third kappa shape index (κ3) is 7.75. The number of guanidine groups is 1. The van der Waals surface area contributed by atoms with Gasteiger partial charge in [0.1, 0.15) is 11.8 Å². The van der Waals surface area contributed by atoms with Crippen LogP contribution < -0.4 is 27.3 Å². The number of nitrogens with one attached hydrogen (secondary N) is 1. The molecule has 0 heterocycles. The minimum absolute atomic E-state index is 0. The minimum atomic E-state index is -0.896. The van der Waals surface area contributed by atoms with Gasteiger partial charge in [0.15, 0.2) is 5.96 Å². The van der Waals surface area contributed by atoms with E-state index in [1.165, 1.54) is 0 Å². The molecule has 3 aromatic carbocycles. The molecule has 8 nitrogen and oxygen atoms in total. The molecule has 0 saturated heterocycles. The van der Waals surface area contributed by atoms with Crippen LogP contribution >= 0.6 is 12.4 Å². The highest BCUT2D eigenvalue weighted by Gasteiger charge is 2.26. The van der Waals surface area contributed by atoms with Crippen molar-refractivity contribution in [1.29, 1.82) is 0 Å². The molecule has 0 radical (unpaired) electrons. The lowest BCUT2D eigenvalue weighted by atomic mass is 10.0. The van der Waals surface area contributed by atoms with E-state index in [9.17, 15) is 9.59 Å². The second kappa shape index (κ2) is 13.2. The normalized spacial score (nSPS) is 12.1. The number of nitrogens with zero attached hydrogens (tertiary/aromatic N) is 1. The molecule has 3 rings (SSSR count). The Morgan fingerprint density at radius 1 is 0.941 bits per heavy atom. The Hall–Kier alpha value is -3.62. The topological polar surface area (TPSA) is 146 Å². The van der Waals surface area contributed by atoms with E-state index in [4.69, 9.17) is 21.9 Å². The van der Waals surface area contributed by atoms with Gasteiger partial charge in [-0.2, -0.15) is 0 Å². The zero-order chi connectivity index (χ0) is 23.6. The number of ether oxygens (including phenoxy) is 1. The summed E-state index contributed by atoms with van der Waals surface area (Å²) in [7, 11) is 0. The van der Waals surface area contributed by atoms with Gasteiger partial charge in [0, 0.05) is 11.9 Å². The number of benzene rings is 3. The van der Waals surface area contributed by atoms with Crippen molar-refractivity contribution in [3.63, 3.8) is 0 Å². The third-order valence-electron chi connectivity index (χ3n) is 5.14. The molecule has 0 aromatic heterocycles. The van der Waals surface area contributed by atoms with Crippen molar-refractivity contribution in [2.75, 3.05) is 6.54 Å². The first-order valence-electron chi connectivity index (χ1n) is 10.8. The van der Waals surface area contributed by atoms with Gasteiger partial charge in [-0.1, -0.05) is 66.7 Å². The molecular weight excluding hydrogens is 454 g/mol. The fourth-order valence-electron chi connectivity index (χ4n) is 3.46. The van der Waals surface area contributed by atoms with Crippen LogP contribution in [0.2, 0.25) is 0 Å². The molecule has 180 valence electrons. The molecule has 0 fully saturated rings. The maximum Gasteiger partial charge on any atom is 0.334 e. The number of carbonyl (C=O) groups excluding carboxylic acids is 2. The van der Waals surface area contributed by atoms with Crippen molar-refractivity contribution in [3.05, 3.63) is 78.4 Å². The smallest absolute Gasteiger partial charge is 0.334 e. The molecule has 0 spiro atoms. The summed E-state index contributed by atoms with van der Waals surface area (Å²) in [6, 6.07) is 20.8. The Labute approximate surface area is 205 Å². The molecule has 3 aromatic rings. The van der Waals surface area contributed by atoms with E-state index < -0.39 is 24.0 Å². The molecule has 0 aliphatic carbocycles. The van der Waals surface area contributed by atoms with Gasteiger partial charge in [0.05, 0.1) is 6.04 Å². The van der Waals surface area contributed by atoms with Gasteiger partial charge in [-0.05, 0) is 36.3 Å². The quantitative estimate of drug-likeness (QED) is 0.114. The summed E-state index contributed by atoms with van der Waals surface area (Å²) in [4.78, 5) is 29.7. The van der Waals surface area contributed by atoms with Crippen LogP contribution in [0.15, 0.2) is 77.8 Å². The zero-order valence-electron chi connectivity index (χ0n) is 18.7. The highest BCUT2D eigenvalue weighted by molar-refractivity contribution is 5.92. The number of carbonyl (C=O) groups is 2. The second-order valence-electron chi connectivity index (χ2n) is 7.70. The Morgan fingerprint density at radius 3 is 2.35 bits per heavy atom. The number of halogens is 1. The maximum atomic E-state index is 13.0. The summed E-state index contributed by atoms with van der Waals surface area (Å²) in [6.45, 7) is 0.326. The van der Waals surface area contributed by atoms with Crippen LogP contribution in [0.4, 0.5) is 0 Å². The zero-order valence-corrected chi connectivity index (χ0v) is 19.5. The molecule has 0 saturated carbocycles. The predicted octanol–water partition coefficient (Wildman–Crippen LogP) is 2.28. The van der Waals surface area contributed by atoms with E-state index in [2.05, 4.69) is 10.3 Å². The number of nitrogens with two attached hydrogens (primary N) is 3. The summed E-state index contributed by atoms with van der Waals surface area (Å²) < 4.78 is 5.69. The average molecular weight is 484 g/mol. The molecular formula is C25H30ClN5O3. The van der Waals surface area contributed by atoms with Crippen LogP contribution in [-0.2, 0) is 16.0 Å². The number of aliphatic imine (C=N–C) groups is 1. The molecule has 0 aliphatic heterocycles. The number of hydrogen-bond acceptors (Lipinski definition) is 5. The van der Waals surface area contributed by atoms with Gasteiger partial charge in [-0.15, -0.1) is 12.4 Å². The average Bonchev–Trinajstić information content (AvgIpc) is 2.81.